The van der Waals surface area contributed by atoms with Crippen LogP contribution in [-0.4, -0.2) is 28.5 Å². The summed E-state index contributed by atoms with van der Waals surface area (Å²) in [6, 6.07) is 4.70. The van der Waals surface area contributed by atoms with Gasteiger partial charge >= 0.3 is 0 Å². The number of rotatable bonds is 5. The fraction of sp³-hybridized carbons (Fsp3) is 0.308. The Morgan fingerprint density at radius 1 is 1.36 bits per heavy atom. The van der Waals surface area contributed by atoms with E-state index in [9.17, 15) is 8.42 Å². The second-order valence-electron chi connectivity index (χ2n) is 5.23. The van der Waals surface area contributed by atoms with Crippen molar-refractivity contribution in [1.29, 1.82) is 0 Å². The first-order chi connectivity index (χ1) is 10.6. The minimum atomic E-state index is -3.64. The van der Waals surface area contributed by atoms with Gasteiger partial charge in [0.15, 0.2) is 5.82 Å². The maximum absolute atomic E-state index is 12.3. The molecule has 9 heteroatoms. The van der Waals surface area contributed by atoms with Gasteiger partial charge in [-0.15, -0.1) is 0 Å². The molecule has 1 aromatic carbocycles. The number of sulfonamides is 1. The van der Waals surface area contributed by atoms with Crippen molar-refractivity contribution in [3.05, 3.63) is 36.2 Å². The second kappa shape index (κ2) is 4.89. The number of nitrogens with zero attached hydrogens (tertiary/aromatic N) is 3. The number of benzene rings is 1. The Balaban J connectivity index is 1.52. The number of aromatic nitrogens is 4. The minimum Gasteiger partial charge on any atom is -0.345 e. The fourth-order valence-electron chi connectivity index (χ4n) is 2.16. The molecule has 0 unspecified atom stereocenters. The summed E-state index contributed by atoms with van der Waals surface area (Å²) in [5.74, 6) is 1.28. The topological polar surface area (TPSA) is 114 Å². The van der Waals surface area contributed by atoms with Crippen LogP contribution in [0.25, 0.3) is 11.0 Å². The highest BCUT2D eigenvalue weighted by molar-refractivity contribution is 7.89. The molecule has 2 N–H and O–H groups in total. The number of imidazole rings is 1. The van der Waals surface area contributed by atoms with Crippen LogP contribution < -0.4 is 4.72 Å². The lowest BCUT2D eigenvalue weighted by molar-refractivity contribution is 0.373. The predicted octanol–water partition coefficient (Wildman–Crippen LogP) is 1.30. The first-order valence-corrected chi connectivity index (χ1v) is 8.35. The van der Waals surface area contributed by atoms with Crippen molar-refractivity contribution < 1.29 is 12.9 Å². The Hall–Kier alpha value is -2.26. The molecule has 1 aliphatic carbocycles. The molecule has 0 bridgehead atoms. The van der Waals surface area contributed by atoms with Crippen LogP contribution in [0.5, 0.6) is 0 Å². The second-order valence-corrected chi connectivity index (χ2v) is 7.00. The molecule has 22 heavy (non-hydrogen) atoms. The quantitative estimate of drug-likeness (QED) is 0.732. The first-order valence-electron chi connectivity index (χ1n) is 6.87. The highest BCUT2D eigenvalue weighted by atomic mass is 32.2. The Kier molecular flexibility index (Phi) is 2.98. The number of hydrogen-bond acceptors (Lipinski definition) is 6. The summed E-state index contributed by atoms with van der Waals surface area (Å²) < 4.78 is 32.2. The van der Waals surface area contributed by atoms with Crippen LogP contribution in [0.2, 0.25) is 0 Å². The summed E-state index contributed by atoms with van der Waals surface area (Å²) in [6.45, 7) is -0.000430. The zero-order chi connectivity index (χ0) is 15.2. The van der Waals surface area contributed by atoms with Gasteiger partial charge in [0.1, 0.15) is 0 Å². The minimum absolute atomic E-state index is 0.000430. The molecule has 0 saturated heterocycles. The number of aromatic amines is 1. The summed E-state index contributed by atoms with van der Waals surface area (Å²) in [5, 5.41) is 3.79. The zero-order valence-electron chi connectivity index (χ0n) is 11.5. The van der Waals surface area contributed by atoms with Crippen LogP contribution in [0, 0.1) is 0 Å². The van der Waals surface area contributed by atoms with Crippen LogP contribution >= 0.6 is 0 Å². The molecule has 0 aliphatic heterocycles. The van der Waals surface area contributed by atoms with Gasteiger partial charge in [0.05, 0.1) is 28.8 Å². The van der Waals surface area contributed by atoms with Crippen molar-refractivity contribution in [2.24, 2.45) is 0 Å². The van der Waals surface area contributed by atoms with Gasteiger partial charge in [0, 0.05) is 5.92 Å². The first kappa shape index (κ1) is 13.4. The summed E-state index contributed by atoms with van der Waals surface area (Å²) in [4.78, 5) is 11.3. The van der Waals surface area contributed by atoms with E-state index in [-0.39, 0.29) is 11.4 Å². The third-order valence-electron chi connectivity index (χ3n) is 3.53. The molecule has 0 amide bonds. The molecule has 2 heterocycles. The molecule has 1 fully saturated rings. The largest absolute Gasteiger partial charge is 0.345 e. The molecule has 8 nitrogen and oxygen atoms in total. The third-order valence-corrected chi connectivity index (χ3v) is 4.93. The van der Waals surface area contributed by atoms with Gasteiger partial charge in [-0.25, -0.2) is 18.1 Å². The van der Waals surface area contributed by atoms with Crippen molar-refractivity contribution in [3.63, 3.8) is 0 Å². The van der Waals surface area contributed by atoms with E-state index in [2.05, 4.69) is 24.8 Å². The number of H-pyrrole nitrogens is 1. The molecule has 2 aromatic heterocycles. The number of fused-ring (bicyclic) bond motifs is 1. The van der Waals surface area contributed by atoms with E-state index >= 15 is 0 Å². The van der Waals surface area contributed by atoms with E-state index < -0.39 is 10.0 Å². The van der Waals surface area contributed by atoms with Crippen LogP contribution in [0.1, 0.15) is 30.5 Å². The third kappa shape index (κ3) is 2.48. The molecule has 0 spiro atoms. The van der Waals surface area contributed by atoms with Crippen molar-refractivity contribution in [3.8, 4) is 0 Å². The summed E-state index contributed by atoms with van der Waals surface area (Å²) in [6.07, 6.45) is 3.63. The van der Waals surface area contributed by atoms with Crippen LogP contribution in [0.15, 0.2) is 33.9 Å². The highest BCUT2D eigenvalue weighted by Gasteiger charge is 2.29. The van der Waals surface area contributed by atoms with Crippen molar-refractivity contribution >= 4 is 21.1 Å². The van der Waals surface area contributed by atoms with Crippen molar-refractivity contribution in [2.45, 2.75) is 30.2 Å². The van der Waals surface area contributed by atoms with E-state index in [4.69, 9.17) is 4.52 Å². The molecule has 114 valence electrons. The van der Waals surface area contributed by atoms with Gasteiger partial charge in [0.2, 0.25) is 15.9 Å². The molecule has 0 atom stereocenters. The summed E-state index contributed by atoms with van der Waals surface area (Å²) in [7, 11) is -3.64. The van der Waals surface area contributed by atoms with Gasteiger partial charge in [-0.2, -0.15) is 4.98 Å². The maximum atomic E-state index is 12.3. The standard InChI is InChI=1S/C13H13N5O3S/c19-22(20,9-3-4-10-11(5-9)15-7-14-10)16-6-12-17-13(21-18-12)8-1-2-8/h3-5,7-8,16H,1-2,6H2,(H,14,15). The molecular formula is C13H13N5O3S. The van der Waals surface area contributed by atoms with E-state index in [1.165, 1.54) is 18.5 Å². The van der Waals surface area contributed by atoms with Crippen LogP contribution in [0.4, 0.5) is 0 Å². The SMILES string of the molecule is O=S(=O)(NCc1noc(C2CC2)n1)c1ccc2nc[nH]c2c1. The van der Waals surface area contributed by atoms with Gasteiger partial charge in [0.25, 0.3) is 0 Å². The molecule has 1 saturated carbocycles. The van der Waals surface area contributed by atoms with Gasteiger partial charge < -0.3 is 9.51 Å². The van der Waals surface area contributed by atoms with E-state index in [0.717, 1.165) is 12.8 Å². The Morgan fingerprint density at radius 3 is 3.05 bits per heavy atom. The molecule has 4 rings (SSSR count). The Labute approximate surface area is 126 Å². The Morgan fingerprint density at radius 2 is 2.23 bits per heavy atom. The maximum Gasteiger partial charge on any atom is 0.241 e. The summed E-state index contributed by atoms with van der Waals surface area (Å²) in [5.41, 5.74) is 1.38. The molecule has 1 aliphatic rings. The zero-order valence-corrected chi connectivity index (χ0v) is 12.3. The van der Waals surface area contributed by atoms with Crippen LogP contribution in [-0.2, 0) is 16.6 Å². The lowest BCUT2D eigenvalue weighted by Gasteiger charge is -2.04. The molecular weight excluding hydrogens is 306 g/mol. The van der Waals surface area contributed by atoms with Crippen LogP contribution in [0.3, 0.4) is 0 Å². The van der Waals surface area contributed by atoms with Gasteiger partial charge in [-0.1, -0.05) is 5.16 Å². The molecule has 3 aromatic rings. The smallest absolute Gasteiger partial charge is 0.241 e. The average Bonchev–Trinajstić information content (AvgIpc) is 3.08. The number of nitrogens with one attached hydrogen (secondary N) is 2. The highest BCUT2D eigenvalue weighted by Crippen LogP contribution is 2.38. The fourth-order valence-corrected chi connectivity index (χ4v) is 3.17. The lowest BCUT2D eigenvalue weighted by Crippen LogP contribution is -2.23. The van der Waals surface area contributed by atoms with Gasteiger partial charge in [-0.05, 0) is 31.0 Å². The number of hydrogen-bond donors (Lipinski definition) is 2. The molecule has 0 radical (unpaired) electrons. The average molecular weight is 319 g/mol. The van der Waals surface area contributed by atoms with Crippen molar-refractivity contribution in [1.82, 2.24) is 24.8 Å². The van der Waals surface area contributed by atoms with E-state index in [1.807, 2.05) is 0 Å². The van der Waals surface area contributed by atoms with E-state index in [1.54, 1.807) is 6.07 Å². The van der Waals surface area contributed by atoms with E-state index in [0.29, 0.717) is 28.7 Å². The Bertz CT molecular complexity index is 926. The lowest BCUT2D eigenvalue weighted by atomic mass is 10.3. The monoisotopic (exact) mass is 319 g/mol. The summed E-state index contributed by atoms with van der Waals surface area (Å²) >= 11 is 0. The predicted molar refractivity (Wildman–Crippen MR) is 76.4 cm³/mol. The van der Waals surface area contributed by atoms with Crippen molar-refractivity contribution in [2.75, 3.05) is 0 Å². The normalized spacial score (nSPS) is 15.5. The van der Waals surface area contributed by atoms with Gasteiger partial charge in [-0.3, -0.25) is 0 Å².